The lowest BCUT2D eigenvalue weighted by atomic mass is 9.98. The molecule has 0 fully saturated rings. The van der Waals surface area contributed by atoms with Crippen LogP contribution in [0.15, 0.2) is 162 Å². The Hall–Kier alpha value is -6.59. The predicted molar refractivity (Wildman–Crippen MR) is 195 cm³/mol. The van der Waals surface area contributed by atoms with Crippen LogP contribution in [0.1, 0.15) is 0 Å². The second-order valence-corrected chi connectivity index (χ2v) is 12.0. The second kappa shape index (κ2) is 10.5. The SMILES string of the molecule is c1ccc(-c2nc(-c3ccccc3)nc(-n3c4ccccc4c4cccc(-c5ccc6oc7ccc8ccccc8c7c6c5)c43)n2)cc1. The van der Waals surface area contributed by atoms with E-state index in [-0.39, 0.29) is 0 Å². The van der Waals surface area contributed by atoms with Crippen molar-refractivity contribution in [2.45, 2.75) is 0 Å². The largest absolute Gasteiger partial charge is 0.456 e. The quantitative estimate of drug-likeness (QED) is 0.198. The van der Waals surface area contributed by atoms with Gasteiger partial charge in [0.05, 0.1) is 11.0 Å². The molecule has 0 N–H and O–H groups in total. The summed E-state index contributed by atoms with van der Waals surface area (Å²) in [6.45, 7) is 0. The summed E-state index contributed by atoms with van der Waals surface area (Å²) in [7, 11) is 0. The summed E-state index contributed by atoms with van der Waals surface area (Å²) < 4.78 is 8.56. The van der Waals surface area contributed by atoms with Crippen LogP contribution >= 0.6 is 0 Å². The fourth-order valence-corrected chi connectivity index (χ4v) is 7.07. The number of nitrogens with zero attached hydrogens (tertiary/aromatic N) is 4. The van der Waals surface area contributed by atoms with E-state index in [9.17, 15) is 0 Å². The lowest BCUT2D eigenvalue weighted by Crippen LogP contribution is -2.06. The molecule has 10 aromatic rings. The summed E-state index contributed by atoms with van der Waals surface area (Å²) in [4.78, 5) is 15.3. The van der Waals surface area contributed by atoms with E-state index >= 15 is 0 Å². The van der Waals surface area contributed by atoms with Crippen molar-refractivity contribution < 1.29 is 4.42 Å². The minimum Gasteiger partial charge on any atom is -0.456 e. The maximum atomic E-state index is 6.36. The Kier molecular flexibility index (Phi) is 5.81. The molecule has 48 heavy (non-hydrogen) atoms. The maximum absolute atomic E-state index is 6.36. The van der Waals surface area contributed by atoms with Crippen molar-refractivity contribution >= 4 is 54.5 Å². The van der Waals surface area contributed by atoms with Crippen molar-refractivity contribution in [1.29, 1.82) is 0 Å². The minimum atomic E-state index is 0.571. The Morgan fingerprint density at radius 2 is 1.08 bits per heavy atom. The monoisotopic (exact) mass is 614 g/mol. The van der Waals surface area contributed by atoms with Gasteiger partial charge in [0.1, 0.15) is 11.2 Å². The number of benzene rings is 7. The van der Waals surface area contributed by atoms with Crippen molar-refractivity contribution in [2.24, 2.45) is 0 Å². The average Bonchev–Trinajstić information content (AvgIpc) is 3.71. The van der Waals surface area contributed by atoms with Gasteiger partial charge >= 0.3 is 0 Å². The zero-order valence-electron chi connectivity index (χ0n) is 25.7. The van der Waals surface area contributed by atoms with Gasteiger partial charge in [0.25, 0.3) is 0 Å². The molecule has 0 saturated carbocycles. The maximum Gasteiger partial charge on any atom is 0.238 e. The Morgan fingerprint density at radius 1 is 0.438 bits per heavy atom. The summed E-state index contributed by atoms with van der Waals surface area (Å²) >= 11 is 0. The van der Waals surface area contributed by atoms with E-state index in [1.807, 2.05) is 60.7 Å². The number of furan rings is 1. The van der Waals surface area contributed by atoms with Crippen LogP contribution in [-0.2, 0) is 0 Å². The van der Waals surface area contributed by atoms with Gasteiger partial charge in [-0.25, -0.2) is 4.98 Å². The fourth-order valence-electron chi connectivity index (χ4n) is 7.07. The molecule has 0 unspecified atom stereocenters. The van der Waals surface area contributed by atoms with Crippen molar-refractivity contribution in [3.05, 3.63) is 158 Å². The molecule has 3 aromatic heterocycles. The highest BCUT2D eigenvalue weighted by atomic mass is 16.3. The standard InChI is InChI=1S/C43H26N4O/c1-3-13-28(14-4-1)41-44-42(29-15-5-2-6-16-29)46-43(45-41)47-36-21-10-9-18-33(36)34-20-11-19-32(40(34)47)30-23-24-37-35(26-30)39-31-17-8-7-12-27(31)22-25-38(39)48-37/h1-26H. The summed E-state index contributed by atoms with van der Waals surface area (Å²) in [5.41, 5.74) is 7.88. The van der Waals surface area contributed by atoms with Gasteiger partial charge < -0.3 is 4.42 Å². The first-order valence-corrected chi connectivity index (χ1v) is 16.0. The number of hydrogen-bond acceptors (Lipinski definition) is 4. The van der Waals surface area contributed by atoms with Gasteiger partial charge in [-0.1, -0.05) is 133 Å². The van der Waals surface area contributed by atoms with Crippen molar-refractivity contribution in [3.8, 4) is 39.9 Å². The lowest BCUT2D eigenvalue weighted by molar-refractivity contribution is 0.669. The van der Waals surface area contributed by atoms with Crippen LogP contribution in [-0.4, -0.2) is 19.5 Å². The van der Waals surface area contributed by atoms with Crippen molar-refractivity contribution in [2.75, 3.05) is 0 Å². The molecule has 5 nitrogen and oxygen atoms in total. The van der Waals surface area contributed by atoms with E-state index in [0.717, 1.165) is 66.0 Å². The third kappa shape index (κ3) is 4.08. The van der Waals surface area contributed by atoms with Crippen LogP contribution < -0.4 is 0 Å². The number of fused-ring (bicyclic) bond motifs is 8. The Balaban J connectivity index is 1.28. The molecule has 0 aliphatic rings. The van der Waals surface area contributed by atoms with E-state index in [1.165, 1.54) is 10.8 Å². The lowest BCUT2D eigenvalue weighted by Gasteiger charge is -2.13. The van der Waals surface area contributed by atoms with E-state index in [2.05, 4.69) is 102 Å². The van der Waals surface area contributed by atoms with E-state index in [0.29, 0.717) is 17.6 Å². The van der Waals surface area contributed by atoms with Gasteiger partial charge in [-0.2, -0.15) is 9.97 Å². The highest BCUT2D eigenvalue weighted by Gasteiger charge is 2.21. The first kappa shape index (κ1) is 26.6. The molecule has 0 atom stereocenters. The number of rotatable bonds is 4. The molecule has 0 bridgehead atoms. The van der Waals surface area contributed by atoms with Gasteiger partial charge in [-0.15, -0.1) is 0 Å². The zero-order valence-corrected chi connectivity index (χ0v) is 25.7. The Morgan fingerprint density at radius 3 is 1.85 bits per heavy atom. The van der Waals surface area contributed by atoms with Crippen LogP contribution in [0.25, 0.3) is 94.4 Å². The first-order chi connectivity index (χ1) is 23.8. The van der Waals surface area contributed by atoms with Gasteiger partial charge in [0.15, 0.2) is 11.6 Å². The Labute approximate surface area is 275 Å². The minimum absolute atomic E-state index is 0.571. The molecule has 0 aliphatic carbocycles. The van der Waals surface area contributed by atoms with Crippen LogP contribution in [0, 0.1) is 0 Å². The first-order valence-electron chi connectivity index (χ1n) is 16.0. The topological polar surface area (TPSA) is 56.7 Å². The molecule has 0 aliphatic heterocycles. The van der Waals surface area contributed by atoms with Crippen molar-refractivity contribution in [3.63, 3.8) is 0 Å². The third-order valence-electron chi connectivity index (χ3n) is 9.25. The van der Waals surface area contributed by atoms with Gasteiger partial charge in [0, 0.05) is 38.2 Å². The van der Waals surface area contributed by atoms with E-state index in [4.69, 9.17) is 19.4 Å². The van der Waals surface area contributed by atoms with Crippen LogP contribution in [0.4, 0.5) is 0 Å². The molecule has 0 amide bonds. The zero-order chi connectivity index (χ0) is 31.6. The number of aromatic nitrogens is 4. The average molecular weight is 615 g/mol. The molecular formula is C43H26N4O. The highest BCUT2D eigenvalue weighted by Crippen LogP contribution is 2.41. The van der Waals surface area contributed by atoms with Crippen molar-refractivity contribution in [1.82, 2.24) is 19.5 Å². The predicted octanol–water partition coefficient (Wildman–Crippen LogP) is 11.0. The molecule has 0 saturated heterocycles. The van der Waals surface area contributed by atoms with Gasteiger partial charge in [-0.05, 0) is 40.6 Å². The molecule has 224 valence electrons. The Bertz CT molecular complexity index is 2780. The van der Waals surface area contributed by atoms with E-state index < -0.39 is 0 Å². The summed E-state index contributed by atoms with van der Waals surface area (Å²) in [5, 5.41) is 6.88. The van der Waals surface area contributed by atoms with Crippen LogP contribution in [0.5, 0.6) is 0 Å². The third-order valence-corrected chi connectivity index (χ3v) is 9.25. The second-order valence-electron chi connectivity index (χ2n) is 12.0. The van der Waals surface area contributed by atoms with E-state index in [1.54, 1.807) is 0 Å². The fraction of sp³-hybridized carbons (Fsp3) is 0. The van der Waals surface area contributed by atoms with Gasteiger partial charge in [-0.3, -0.25) is 4.57 Å². The van der Waals surface area contributed by atoms with Crippen LogP contribution in [0.2, 0.25) is 0 Å². The molecule has 10 rings (SSSR count). The molecule has 7 aromatic carbocycles. The summed E-state index contributed by atoms with van der Waals surface area (Å²) in [6, 6.07) is 54.4. The smallest absolute Gasteiger partial charge is 0.238 e. The summed E-state index contributed by atoms with van der Waals surface area (Å²) in [6.07, 6.45) is 0. The molecule has 3 heterocycles. The van der Waals surface area contributed by atoms with Crippen LogP contribution in [0.3, 0.4) is 0 Å². The number of hydrogen-bond donors (Lipinski definition) is 0. The molecule has 5 heteroatoms. The molecule has 0 spiro atoms. The number of para-hydroxylation sites is 2. The normalized spacial score (nSPS) is 11.8. The molecular weight excluding hydrogens is 589 g/mol. The summed E-state index contributed by atoms with van der Waals surface area (Å²) in [5.74, 6) is 1.82. The van der Waals surface area contributed by atoms with Gasteiger partial charge in [0.2, 0.25) is 5.95 Å². The molecule has 0 radical (unpaired) electrons. The highest BCUT2D eigenvalue weighted by molar-refractivity contribution is 6.20.